The number of hydrogen-bond acceptors (Lipinski definition) is 3. The fraction of sp³-hybridized carbons (Fsp3) is 0.467. The topological polar surface area (TPSA) is 42.7 Å². The minimum atomic E-state index is 0.364. The highest BCUT2D eigenvalue weighted by molar-refractivity contribution is 5.44. The van der Waals surface area contributed by atoms with Gasteiger partial charge in [0, 0.05) is 36.4 Å². The maximum Gasteiger partial charge on any atom is 0.0629 e. The Kier molecular flexibility index (Phi) is 3.88. The maximum atomic E-state index is 4.46. The van der Waals surface area contributed by atoms with Gasteiger partial charge in [-0.05, 0) is 51.8 Å². The van der Waals surface area contributed by atoms with Crippen molar-refractivity contribution >= 4 is 5.69 Å². The second-order valence-corrected chi connectivity index (χ2v) is 5.21. The number of nitrogens with one attached hydrogen (secondary N) is 1. The molecule has 4 heteroatoms. The summed E-state index contributed by atoms with van der Waals surface area (Å²) < 4.78 is 1.95. The molecule has 2 aromatic rings. The van der Waals surface area contributed by atoms with E-state index in [-0.39, 0.29) is 0 Å². The number of rotatable bonds is 4. The van der Waals surface area contributed by atoms with Crippen molar-refractivity contribution in [1.29, 1.82) is 0 Å². The average Bonchev–Trinajstić information content (AvgIpc) is 2.56. The fourth-order valence-electron chi connectivity index (χ4n) is 2.39. The van der Waals surface area contributed by atoms with E-state index in [1.807, 2.05) is 30.9 Å². The van der Waals surface area contributed by atoms with Gasteiger partial charge < -0.3 is 5.32 Å². The lowest BCUT2D eigenvalue weighted by Gasteiger charge is -2.15. The summed E-state index contributed by atoms with van der Waals surface area (Å²) in [5.74, 6) is 0. The molecule has 0 amide bonds. The molecule has 0 bridgehead atoms. The van der Waals surface area contributed by atoms with Crippen LogP contribution < -0.4 is 5.32 Å². The van der Waals surface area contributed by atoms with Gasteiger partial charge in [-0.25, -0.2) is 0 Å². The van der Waals surface area contributed by atoms with Crippen molar-refractivity contribution in [3.8, 4) is 0 Å². The highest BCUT2D eigenvalue weighted by Crippen LogP contribution is 2.16. The molecule has 2 aromatic heterocycles. The minimum absolute atomic E-state index is 0.364. The van der Waals surface area contributed by atoms with E-state index in [2.05, 4.69) is 42.2 Å². The molecular weight excluding hydrogens is 236 g/mol. The summed E-state index contributed by atoms with van der Waals surface area (Å²) in [6.45, 7) is 8.40. The number of aromatic nitrogens is 3. The third kappa shape index (κ3) is 3.13. The first-order chi connectivity index (χ1) is 8.97. The molecule has 0 aliphatic carbocycles. The predicted molar refractivity (Wildman–Crippen MR) is 78.4 cm³/mol. The van der Waals surface area contributed by atoms with Crippen LogP contribution in [0, 0.1) is 20.8 Å². The van der Waals surface area contributed by atoms with Gasteiger partial charge in [-0.1, -0.05) is 0 Å². The van der Waals surface area contributed by atoms with E-state index in [0.29, 0.717) is 6.04 Å². The normalized spacial score (nSPS) is 12.5. The molecule has 2 heterocycles. The summed E-state index contributed by atoms with van der Waals surface area (Å²) in [5.41, 5.74) is 5.87. The molecule has 1 N–H and O–H groups in total. The van der Waals surface area contributed by atoms with Crippen LogP contribution >= 0.6 is 0 Å². The summed E-state index contributed by atoms with van der Waals surface area (Å²) in [4.78, 5) is 4.21. The third-order valence-electron chi connectivity index (χ3n) is 3.48. The number of pyridine rings is 1. The monoisotopic (exact) mass is 258 g/mol. The minimum Gasteiger partial charge on any atom is -0.382 e. The lowest BCUT2D eigenvalue weighted by molar-refractivity contribution is 0.727. The second kappa shape index (κ2) is 5.43. The summed E-state index contributed by atoms with van der Waals surface area (Å²) in [6, 6.07) is 4.44. The van der Waals surface area contributed by atoms with Crippen molar-refractivity contribution in [2.75, 3.05) is 5.32 Å². The Morgan fingerprint density at radius 3 is 2.63 bits per heavy atom. The first-order valence-corrected chi connectivity index (χ1v) is 6.65. The molecule has 1 atom stereocenters. The number of anilines is 1. The van der Waals surface area contributed by atoms with Gasteiger partial charge >= 0.3 is 0 Å². The van der Waals surface area contributed by atoms with Crippen LogP contribution in [-0.2, 0) is 13.5 Å². The molecule has 2 rings (SSSR count). The van der Waals surface area contributed by atoms with Crippen LogP contribution in [0.15, 0.2) is 18.3 Å². The van der Waals surface area contributed by atoms with Gasteiger partial charge in [0.2, 0.25) is 0 Å². The quantitative estimate of drug-likeness (QED) is 0.917. The van der Waals surface area contributed by atoms with E-state index in [1.54, 1.807) is 0 Å². The Labute approximate surface area is 114 Å². The van der Waals surface area contributed by atoms with Crippen molar-refractivity contribution < 1.29 is 0 Å². The van der Waals surface area contributed by atoms with Crippen molar-refractivity contribution in [3.05, 3.63) is 41.0 Å². The van der Waals surface area contributed by atoms with Gasteiger partial charge in [0.15, 0.2) is 0 Å². The van der Waals surface area contributed by atoms with Crippen molar-refractivity contribution in [1.82, 2.24) is 14.8 Å². The van der Waals surface area contributed by atoms with Gasteiger partial charge in [-0.15, -0.1) is 0 Å². The molecule has 0 saturated heterocycles. The third-order valence-corrected chi connectivity index (χ3v) is 3.48. The Morgan fingerprint density at radius 2 is 2.05 bits per heavy atom. The number of nitrogens with zero attached hydrogens (tertiary/aromatic N) is 3. The first-order valence-electron chi connectivity index (χ1n) is 6.65. The summed E-state index contributed by atoms with van der Waals surface area (Å²) >= 11 is 0. The highest BCUT2D eigenvalue weighted by atomic mass is 15.3. The van der Waals surface area contributed by atoms with Crippen LogP contribution in [0.25, 0.3) is 0 Å². The molecule has 0 fully saturated rings. The average molecular weight is 258 g/mol. The molecule has 4 nitrogen and oxygen atoms in total. The standard InChI is InChI=1S/C15H22N4/c1-10-8-14(6-7-16-10)17-11(2)9-15-12(3)18-19(5)13(15)4/h6-8,11H,9H2,1-5H3,(H,16,17). The van der Waals surface area contributed by atoms with Crippen molar-refractivity contribution in [2.24, 2.45) is 7.05 Å². The largest absolute Gasteiger partial charge is 0.382 e. The Morgan fingerprint density at radius 1 is 1.32 bits per heavy atom. The van der Waals surface area contributed by atoms with Crippen LogP contribution in [0.3, 0.4) is 0 Å². The molecule has 0 radical (unpaired) electrons. The first kappa shape index (κ1) is 13.6. The molecule has 0 spiro atoms. The zero-order chi connectivity index (χ0) is 14.0. The number of hydrogen-bond donors (Lipinski definition) is 1. The van der Waals surface area contributed by atoms with Crippen LogP contribution in [0.4, 0.5) is 5.69 Å². The second-order valence-electron chi connectivity index (χ2n) is 5.21. The lowest BCUT2D eigenvalue weighted by atomic mass is 10.1. The van der Waals surface area contributed by atoms with Gasteiger partial charge in [0.25, 0.3) is 0 Å². The number of aryl methyl sites for hydroxylation is 3. The smallest absolute Gasteiger partial charge is 0.0629 e. The molecule has 102 valence electrons. The van der Waals surface area contributed by atoms with Crippen LogP contribution in [-0.4, -0.2) is 20.8 Å². The van der Waals surface area contributed by atoms with Crippen LogP contribution in [0.5, 0.6) is 0 Å². The summed E-state index contributed by atoms with van der Waals surface area (Å²) in [7, 11) is 2.00. The fourth-order valence-corrected chi connectivity index (χ4v) is 2.39. The van der Waals surface area contributed by atoms with E-state index < -0.39 is 0 Å². The molecular formula is C15H22N4. The van der Waals surface area contributed by atoms with Crippen molar-refractivity contribution in [3.63, 3.8) is 0 Å². The molecule has 0 saturated carbocycles. The SMILES string of the molecule is Cc1cc(NC(C)Cc2c(C)nn(C)c2C)ccn1. The van der Waals surface area contributed by atoms with Gasteiger partial charge in [-0.3, -0.25) is 9.67 Å². The predicted octanol–water partition coefficient (Wildman–Crippen LogP) is 2.78. The van der Waals surface area contributed by atoms with E-state index in [9.17, 15) is 0 Å². The molecule has 1 unspecified atom stereocenters. The summed E-state index contributed by atoms with van der Waals surface area (Å²) in [5, 5.41) is 7.98. The Bertz CT molecular complexity index is 572. The Balaban J connectivity index is 2.07. The van der Waals surface area contributed by atoms with Crippen molar-refractivity contribution in [2.45, 2.75) is 40.2 Å². The van der Waals surface area contributed by atoms with E-state index in [4.69, 9.17) is 0 Å². The van der Waals surface area contributed by atoms with Gasteiger partial charge in [0.1, 0.15) is 0 Å². The zero-order valence-corrected chi connectivity index (χ0v) is 12.4. The maximum absolute atomic E-state index is 4.46. The lowest BCUT2D eigenvalue weighted by Crippen LogP contribution is -2.19. The zero-order valence-electron chi connectivity index (χ0n) is 12.4. The van der Waals surface area contributed by atoms with Crippen LogP contribution in [0.2, 0.25) is 0 Å². The van der Waals surface area contributed by atoms with Crippen LogP contribution in [0.1, 0.15) is 29.6 Å². The molecule has 0 aromatic carbocycles. The molecule has 19 heavy (non-hydrogen) atoms. The van der Waals surface area contributed by atoms with E-state index in [1.165, 1.54) is 11.3 Å². The Hall–Kier alpha value is -1.84. The van der Waals surface area contributed by atoms with E-state index >= 15 is 0 Å². The van der Waals surface area contributed by atoms with Gasteiger partial charge in [-0.2, -0.15) is 5.10 Å². The molecule has 0 aliphatic rings. The summed E-state index contributed by atoms with van der Waals surface area (Å²) in [6.07, 6.45) is 2.82. The van der Waals surface area contributed by atoms with E-state index in [0.717, 1.165) is 23.5 Å². The molecule has 0 aliphatic heterocycles. The van der Waals surface area contributed by atoms with Gasteiger partial charge in [0.05, 0.1) is 5.69 Å². The highest BCUT2D eigenvalue weighted by Gasteiger charge is 2.12.